The first kappa shape index (κ1) is 30.7. The van der Waals surface area contributed by atoms with Crippen LogP contribution in [0.4, 0.5) is 0 Å². The number of benzene rings is 2. The molecule has 0 unspecified atom stereocenters. The number of amides is 2. The van der Waals surface area contributed by atoms with E-state index in [9.17, 15) is 27.9 Å². The molecular formula is C33H37N5O6S. The lowest BCUT2D eigenvalue weighted by atomic mass is 9.79. The number of sulfone groups is 1. The fourth-order valence-corrected chi connectivity index (χ4v) is 7.33. The minimum Gasteiger partial charge on any atom is -0.388 e. The minimum absolute atomic E-state index is 0.0124. The van der Waals surface area contributed by atoms with Gasteiger partial charge in [-0.3, -0.25) is 19.0 Å². The lowest BCUT2D eigenvalue weighted by molar-refractivity contribution is -0.142. The van der Waals surface area contributed by atoms with Crippen LogP contribution < -0.4 is 5.56 Å². The maximum Gasteiger partial charge on any atom is 0.262 e. The maximum absolute atomic E-state index is 14.0. The van der Waals surface area contributed by atoms with Crippen LogP contribution >= 0.6 is 0 Å². The third kappa shape index (κ3) is 6.16. The first-order chi connectivity index (χ1) is 21.4. The van der Waals surface area contributed by atoms with Crippen LogP contribution in [-0.4, -0.2) is 87.3 Å². The van der Waals surface area contributed by atoms with Crippen LogP contribution in [-0.2, 0) is 28.2 Å². The third-order valence-corrected chi connectivity index (χ3v) is 10.4. The van der Waals surface area contributed by atoms with Crippen molar-refractivity contribution in [2.24, 2.45) is 13.0 Å². The van der Waals surface area contributed by atoms with Crippen molar-refractivity contribution in [2.75, 3.05) is 32.4 Å². The summed E-state index contributed by atoms with van der Waals surface area (Å²) in [4.78, 5) is 48.5. The van der Waals surface area contributed by atoms with Crippen LogP contribution in [0.25, 0.3) is 11.0 Å². The molecule has 0 radical (unpaired) electrons. The summed E-state index contributed by atoms with van der Waals surface area (Å²) >= 11 is 0. The number of aliphatic hydroxyl groups is 1. The van der Waals surface area contributed by atoms with E-state index < -0.39 is 15.4 Å². The molecular weight excluding hydrogens is 594 g/mol. The van der Waals surface area contributed by atoms with Gasteiger partial charge in [0.2, 0.25) is 5.91 Å². The van der Waals surface area contributed by atoms with Crippen LogP contribution in [0, 0.1) is 5.92 Å². The Kier molecular flexibility index (Phi) is 8.13. The smallest absolute Gasteiger partial charge is 0.262 e. The molecule has 2 aliphatic heterocycles. The van der Waals surface area contributed by atoms with Gasteiger partial charge in [-0.2, -0.15) is 0 Å². The maximum atomic E-state index is 14.0. The number of likely N-dealkylation sites (tertiary alicyclic amines) is 2. The number of nitrogens with zero attached hydrogens (tertiary/aromatic N) is 5. The van der Waals surface area contributed by atoms with Crippen molar-refractivity contribution in [2.45, 2.75) is 42.2 Å². The number of carbonyl (C=O) groups is 2. The summed E-state index contributed by atoms with van der Waals surface area (Å²) in [6.07, 6.45) is 5.46. The Hall–Kier alpha value is -4.29. The topological polar surface area (TPSA) is 135 Å². The normalized spacial score (nSPS) is 20.3. The van der Waals surface area contributed by atoms with Crippen LogP contribution in [0.2, 0.25) is 0 Å². The zero-order valence-electron chi connectivity index (χ0n) is 25.4. The fraction of sp³-hybridized carbons (Fsp3) is 0.394. The summed E-state index contributed by atoms with van der Waals surface area (Å²) in [7, 11) is -1.65. The Labute approximate surface area is 261 Å². The first-order valence-electron chi connectivity index (χ1n) is 15.1. The molecule has 2 atom stereocenters. The second-order valence-corrected chi connectivity index (χ2v) is 14.4. The van der Waals surface area contributed by atoms with Gasteiger partial charge in [-0.1, -0.05) is 36.4 Å². The predicted molar refractivity (Wildman–Crippen MR) is 168 cm³/mol. The van der Waals surface area contributed by atoms with Gasteiger partial charge in [0.25, 0.3) is 11.5 Å². The minimum atomic E-state index is -3.47. The number of hydrogen-bond acceptors (Lipinski definition) is 7. The highest BCUT2D eigenvalue weighted by atomic mass is 32.2. The number of aromatic nitrogens is 3. The molecule has 4 heterocycles. The molecule has 0 bridgehead atoms. The third-order valence-electron chi connectivity index (χ3n) is 9.28. The number of rotatable bonds is 6. The highest BCUT2D eigenvalue weighted by Crippen LogP contribution is 2.36. The van der Waals surface area contributed by atoms with Crippen molar-refractivity contribution >= 4 is 32.7 Å². The van der Waals surface area contributed by atoms with Crippen molar-refractivity contribution in [3.8, 4) is 0 Å². The Morgan fingerprint density at radius 3 is 2.44 bits per heavy atom. The molecule has 0 aliphatic carbocycles. The number of carbonyl (C=O) groups excluding carboxylic acids is 2. The van der Waals surface area contributed by atoms with E-state index in [0.29, 0.717) is 62.0 Å². The van der Waals surface area contributed by atoms with Crippen molar-refractivity contribution < 1.29 is 23.1 Å². The SMILES string of the molecule is Cn1ccc2c(=O)n(CC3(O)CCN(C(=O)[C@@H]4CCN(C(=O)c5cccc(S(C)(=O)=O)c5)C[C@H]4c4ccccc4)CC3)cnc21. The van der Waals surface area contributed by atoms with Gasteiger partial charge in [0.15, 0.2) is 9.84 Å². The first-order valence-corrected chi connectivity index (χ1v) is 17.0. The number of piperidine rings is 2. The number of aryl methyl sites for hydroxylation is 1. The molecule has 0 spiro atoms. The Bertz CT molecular complexity index is 1910. The van der Waals surface area contributed by atoms with E-state index in [1.165, 1.54) is 23.0 Å². The van der Waals surface area contributed by atoms with Crippen LogP contribution in [0.3, 0.4) is 0 Å². The van der Waals surface area contributed by atoms with Gasteiger partial charge in [0.1, 0.15) is 12.0 Å². The van der Waals surface area contributed by atoms with E-state index in [1.54, 1.807) is 38.8 Å². The summed E-state index contributed by atoms with van der Waals surface area (Å²) in [6.45, 7) is 1.47. The lowest BCUT2D eigenvalue weighted by Gasteiger charge is -2.43. The summed E-state index contributed by atoms with van der Waals surface area (Å²) in [5.74, 6) is -0.898. The highest BCUT2D eigenvalue weighted by Gasteiger charge is 2.41. The molecule has 6 rings (SSSR count). The highest BCUT2D eigenvalue weighted by molar-refractivity contribution is 7.90. The Morgan fingerprint density at radius 1 is 1.00 bits per heavy atom. The summed E-state index contributed by atoms with van der Waals surface area (Å²) in [5, 5.41) is 11.9. The van der Waals surface area contributed by atoms with E-state index in [4.69, 9.17) is 0 Å². The van der Waals surface area contributed by atoms with Gasteiger partial charge >= 0.3 is 0 Å². The van der Waals surface area contributed by atoms with Crippen LogP contribution in [0.5, 0.6) is 0 Å². The van der Waals surface area contributed by atoms with Crippen molar-refractivity contribution in [3.05, 3.63) is 94.7 Å². The molecule has 2 aromatic heterocycles. The van der Waals surface area contributed by atoms with Gasteiger partial charge in [-0.25, -0.2) is 13.4 Å². The average Bonchev–Trinajstić information content (AvgIpc) is 3.42. The van der Waals surface area contributed by atoms with Gasteiger partial charge in [0, 0.05) is 63.1 Å². The lowest BCUT2D eigenvalue weighted by Crippen LogP contribution is -2.53. The van der Waals surface area contributed by atoms with Crippen molar-refractivity contribution in [1.82, 2.24) is 23.9 Å². The zero-order valence-corrected chi connectivity index (χ0v) is 26.2. The molecule has 2 amide bonds. The molecule has 4 aromatic rings. The van der Waals surface area contributed by atoms with Gasteiger partial charge in [-0.05, 0) is 49.1 Å². The average molecular weight is 632 g/mol. The fourth-order valence-electron chi connectivity index (χ4n) is 6.66. The summed E-state index contributed by atoms with van der Waals surface area (Å²) in [6, 6.07) is 17.5. The molecule has 2 fully saturated rings. The molecule has 2 saturated heterocycles. The van der Waals surface area contributed by atoms with Crippen LogP contribution in [0.1, 0.15) is 41.1 Å². The van der Waals surface area contributed by atoms with E-state index in [2.05, 4.69) is 4.98 Å². The zero-order chi connectivity index (χ0) is 31.9. The van der Waals surface area contributed by atoms with Crippen molar-refractivity contribution in [1.29, 1.82) is 0 Å². The standard InChI is InChI=1S/C33H37N5O6S/c1-35-15-11-27-29(35)34-22-38(32(27)41)21-33(42)13-17-36(18-14-33)31(40)26-12-16-37(20-28(26)23-7-4-3-5-8-23)30(39)24-9-6-10-25(19-24)45(2,43)44/h3-11,15,19,22,26,28,42H,12-14,16-18,20-21H2,1-2H3/t26-,28+/m1/s1. The second kappa shape index (κ2) is 11.9. The number of fused-ring (bicyclic) bond motifs is 1. The molecule has 0 saturated carbocycles. The largest absolute Gasteiger partial charge is 0.388 e. The number of hydrogen-bond donors (Lipinski definition) is 1. The van der Waals surface area contributed by atoms with Gasteiger partial charge < -0.3 is 19.5 Å². The monoisotopic (exact) mass is 631 g/mol. The Morgan fingerprint density at radius 2 is 1.73 bits per heavy atom. The summed E-state index contributed by atoms with van der Waals surface area (Å²) < 4.78 is 27.4. The molecule has 236 valence electrons. The molecule has 11 nitrogen and oxygen atoms in total. The van der Waals surface area contributed by atoms with Gasteiger partial charge in [0.05, 0.1) is 22.4 Å². The van der Waals surface area contributed by atoms with E-state index in [-0.39, 0.29) is 40.6 Å². The summed E-state index contributed by atoms with van der Waals surface area (Å²) in [5.41, 5.74) is 0.481. The van der Waals surface area contributed by atoms with E-state index in [0.717, 1.165) is 11.8 Å². The second-order valence-electron chi connectivity index (χ2n) is 12.4. The molecule has 1 N–H and O–H groups in total. The van der Waals surface area contributed by atoms with Gasteiger partial charge in [-0.15, -0.1) is 0 Å². The Balaban J connectivity index is 1.16. The van der Waals surface area contributed by atoms with Crippen LogP contribution in [0.15, 0.2) is 82.9 Å². The van der Waals surface area contributed by atoms with Crippen molar-refractivity contribution in [3.63, 3.8) is 0 Å². The molecule has 2 aromatic carbocycles. The molecule has 12 heteroatoms. The quantitative estimate of drug-likeness (QED) is 0.346. The molecule has 45 heavy (non-hydrogen) atoms. The van der Waals surface area contributed by atoms with E-state index in [1.807, 2.05) is 37.4 Å². The van der Waals surface area contributed by atoms with E-state index >= 15 is 0 Å². The molecule has 2 aliphatic rings. The predicted octanol–water partition coefficient (Wildman–Crippen LogP) is 2.44.